The van der Waals surface area contributed by atoms with Gasteiger partial charge in [0.1, 0.15) is 10.9 Å². The Balaban J connectivity index is 2.17. The van der Waals surface area contributed by atoms with E-state index in [2.05, 4.69) is 4.98 Å². The van der Waals surface area contributed by atoms with E-state index >= 15 is 0 Å². The minimum Gasteiger partial charge on any atom is -0.392 e. The van der Waals surface area contributed by atoms with Crippen molar-refractivity contribution in [3.05, 3.63) is 36.0 Å². The number of amides is 1. The van der Waals surface area contributed by atoms with Gasteiger partial charge in [-0.25, -0.2) is 8.42 Å². The van der Waals surface area contributed by atoms with E-state index < -0.39 is 28.1 Å². The van der Waals surface area contributed by atoms with Crippen LogP contribution in [0.4, 0.5) is 0 Å². The molecule has 1 aliphatic rings. The Hall–Kier alpha value is -2.03. The first-order valence-electron chi connectivity index (χ1n) is 7.16. The lowest BCUT2D eigenvalue weighted by Gasteiger charge is -2.22. The van der Waals surface area contributed by atoms with Crippen LogP contribution in [0.25, 0.3) is 10.9 Å². The van der Waals surface area contributed by atoms with Crippen molar-refractivity contribution in [2.24, 2.45) is 5.73 Å². The van der Waals surface area contributed by atoms with E-state index in [9.17, 15) is 18.3 Å². The summed E-state index contributed by atoms with van der Waals surface area (Å²) in [6.45, 7) is 1.62. The molecular formula is C15H17N3O4S. The van der Waals surface area contributed by atoms with Crippen LogP contribution in [0.3, 0.4) is 0 Å². The van der Waals surface area contributed by atoms with Gasteiger partial charge < -0.3 is 10.8 Å². The number of β-amino-alcohol motifs (C(OH)–C–C–N with tert-alkyl or cyclic N) is 1. The van der Waals surface area contributed by atoms with Crippen molar-refractivity contribution >= 4 is 26.8 Å². The number of nitrogens with two attached hydrogens (primary N) is 1. The first-order chi connectivity index (χ1) is 10.8. The van der Waals surface area contributed by atoms with Gasteiger partial charge in [0.2, 0.25) is 15.9 Å². The number of nitrogens with zero attached hydrogens (tertiary/aromatic N) is 2. The van der Waals surface area contributed by atoms with Crippen LogP contribution in [0, 0.1) is 6.92 Å². The Kier molecular flexibility index (Phi) is 3.83. The van der Waals surface area contributed by atoms with Crippen LogP contribution in [0.1, 0.15) is 12.1 Å². The van der Waals surface area contributed by atoms with Gasteiger partial charge in [-0.15, -0.1) is 0 Å². The minimum atomic E-state index is -4.00. The van der Waals surface area contributed by atoms with Crippen LogP contribution in [-0.4, -0.2) is 47.4 Å². The average molecular weight is 335 g/mol. The van der Waals surface area contributed by atoms with E-state index in [1.807, 2.05) is 0 Å². The molecular weight excluding hydrogens is 318 g/mol. The Morgan fingerprint density at radius 3 is 2.78 bits per heavy atom. The number of rotatable bonds is 3. The van der Waals surface area contributed by atoms with Crippen LogP contribution in [-0.2, 0) is 14.8 Å². The third-order valence-electron chi connectivity index (χ3n) is 3.97. The first kappa shape index (κ1) is 15.9. The van der Waals surface area contributed by atoms with Crippen molar-refractivity contribution in [1.29, 1.82) is 0 Å². The molecule has 2 aromatic rings. The highest BCUT2D eigenvalue weighted by atomic mass is 32.2. The molecule has 1 aromatic heterocycles. The van der Waals surface area contributed by atoms with E-state index in [1.54, 1.807) is 31.2 Å². The summed E-state index contributed by atoms with van der Waals surface area (Å²) in [5, 5.41) is 10.4. The smallest absolute Gasteiger partial charge is 0.246 e. The first-order valence-corrected chi connectivity index (χ1v) is 8.60. The number of carbonyl (C=O) groups is 1. The summed E-state index contributed by atoms with van der Waals surface area (Å²) in [4.78, 5) is 15.9. The van der Waals surface area contributed by atoms with Crippen LogP contribution >= 0.6 is 0 Å². The van der Waals surface area contributed by atoms with E-state index in [1.165, 1.54) is 6.07 Å². The number of fused-ring (bicyclic) bond motifs is 1. The molecule has 3 rings (SSSR count). The maximum Gasteiger partial charge on any atom is 0.246 e. The van der Waals surface area contributed by atoms with Gasteiger partial charge in [0, 0.05) is 24.0 Å². The fourth-order valence-corrected chi connectivity index (χ4v) is 4.66. The molecule has 1 fully saturated rings. The Labute approximate surface area is 133 Å². The standard InChI is InChI=1S/C15H17N3O4S/c1-9-5-6-10-3-2-4-13(14(10)17-9)23(21,22)18-8-11(19)7-12(18)15(16)20/h2-6,11-12,19H,7-8H2,1H3,(H2,16,20)/t11-,12-/m0/s1. The molecule has 7 nitrogen and oxygen atoms in total. The summed E-state index contributed by atoms with van der Waals surface area (Å²) < 4.78 is 26.9. The van der Waals surface area contributed by atoms with E-state index in [0.717, 1.165) is 4.31 Å². The van der Waals surface area contributed by atoms with Crippen molar-refractivity contribution in [1.82, 2.24) is 9.29 Å². The number of aliphatic hydroxyl groups excluding tert-OH is 1. The fraction of sp³-hybridized carbons (Fsp3) is 0.333. The molecule has 1 saturated heterocycles. The number of aliphatic hydroxyl groups is 1. The van der Waals surface area contributed by atoms with Gasteiger partial charge in [0.05, 0.1) is 11.6 Å². The van der Waals surface area contributed by atoms with Crippen molar-refractivity contribution in [2.45, 2.75) is 30.4 Å². The number of hydrogen-bond acceptors (Lipinski definition) is 5. The zero-order valence-corrected chi connectivity index (χ0v) is 13.3. The molecule has 0 saturated carbocycles. The summed E-state index contributed by atoms with van der Waals surface area (Å²) in [7, 11) is -4.00. The normalized spacial score (nSPS) is 22.5. The Bertz CT molecular complexity index is 881. The largest absolute Gasteiger partial charge is 0.392 e. The number of aryl methyl sites for hydroxylation is 1. The quantitative estimate of drug-likeness (QED) is 0.829. The predicted molar refractivity (Wildman–Crippen MR) is 84.0 cm³/mol. The molecule has 1 aromatic carbocycles. The maximum atomic E-state index is 13.0. The van der Waals surface area contributed by atoms with Gasteiger partial charge in [-0.3, -0.25) is 9.78 Å². The average Bonchev–Trinajstić information content (AvgIpc) is 2.89. The predicted octanol–water partition coefficient (Wildman–Crippen LogP) is 0.152. The van der Waals surface area contributed by atoms with E-state index in [0.29, 0.717) is 16.6 Å². The second-order valence-electron chi connectivity index (χ2n) is 5.66. The van der Waals surface area contributed by atoms with Gasteiger partial charge in [-0.1, -0.05) is 18.2 Å². The number of aromatic nitrogens is 1. The van der Waals surface area contributed by atoms with Crippen molar-refractivity contribution < 1.29 is 18.3 Å². The van der Waals surface area contributed by atoms with Crippen molar-refractivity contribution in [3.8, 4) is 0 Å². The molecule has 1 aliphatic heterocycles. The lowest BCUT2D eigenvalue weighted by Crippen LogP contribution is -2.43. The highest BCUT2D eigenvalue weighted by molar-refractivity contribution is 7.89. The second kappa shape index (κ2) is 5.55. The molecule has 23 heavy (non-hydrogen) atoms. The monoisotopic (exact) mass is 335 g/mol. The van der Waals surface area contributed by atoms with E-state index in [-0.39, 0.29) is 17.9 Å². The molecule has 0 spiro atoms. The lowest BCUT2D eigenvalue weighted by atomic mass is 10.2. The summed E-state index contributed by atoms with van der Waals surface area (Å²) in [6.07, 6.45) is -0.904. The maximum absolute atomic E-state index is 13.0. The van der Waals surface area contributed by atoms with Gasteiger partial charge in [0.25, 0.3) is 0 Å². The fourth-order valence-electron chi connectivity index (χ4n) is 2.86. The zero-order valence-electron chi connectivity index (χ0n) is 12.5. The number of primary amides is 1. The number of hydrogen-bond donors (Lipinski definition) is 2. The van der Waals surface area contributed by atoms with Gasteiger partial charge in [-0.05, 0) is 19.1 Å². The van der Waals surface area contributed by atoms with Gasteiger partial charge >= 0.3 is 0 Å². The SMILES string of the molecule is Cc1ccc2cccc(S(=O)(=O)N3C[C@@H](O)C[C@H]3C(N)=O)c2n1. The molecule has 1 amide bonds. The molecule has 2 atom stereocenters. The molecule has 122 valence electrons. The number of para-hydroxylation sites is 1. The van der Waals surface area contributed by atoms with Crippen LogP contribution < -0.4 is 5.73 Å². The molecule has 2 heterocycles. The minimum absolute atomic E-state index is 0.00574. The number of pyridine rings is 1. The van der Waals surface area contributed by atoms with E-state index in [4.69, 9.17) is 5.73 Å². The Morgan fingerprint density at radius 1 is 1.35 bits per heavy atom. The number of carbonyl (C=O) groups excluding carboxylic acids is 1. The summed E-state index contributed by atoms with van der Waals surface area (Å²) in [5.74, 6) is -0.769. The molecule has 0 bridgehead atoms. The van der Waals surface area contributed by atoms with Gasteiger partial charge in [0.15, 0.2) is 0 Å². The zero-order chi connectivity index (χ0) is 16.8. The molecule has 3 N–H and O–H groups in total. The van der Waals surface area contributed by atoms with Crippen molar-refractivity contribution in [3.63, 3.8) is 0 Å². The summed E-state index contributed by atoms with van der Waals surface area (Å²) in [6, 6.07) is 7.39. The van der Waals surface area contributed by atoms with Crippen LogP contribution in [0.2, 0.25) is 0 Å². The number of sulfonamides is 1. The molecule has 0 unspecified atom stereocenters. The van der Waals surface area contributed by atoms with Crippen LogP contribution in [0.5, 0.6) is 0 Å². The third-order valence-corrected chi connectivity index (χ3v) is 5.88. The number of benzene rings is 1. The van der Waals surface area contributed by atoms with Crippen LogP contribution in [0.15, 0.2) is 35.2 Å². The topological polar surface area (TPSA) is 114 Å². The molecule has 8 heteroatoms. The summed E-state index contributed by atoms with van der Waals surface area (Å²) in [5.41, 5.74) is 6.32. The second-order valence-corrected chi connectivity index (χ2v) is 7.52. The summed E-state index contributed by atoms with van der Waals surface area (Å²) >= 11 is 0. The van der Waals surface area contributed by atoms with Crippen molar-refractivity contribution in [2.75, 3.05) is 6.54 Å². The third kappa shape index (κ3) is 2.69. The Morgan fingerprint density at radius 2 is 2.09 bits per heavy atom. The lowest BCUT2D eigenvalue weighted by molar-refractivity contribution is -0.121. The van der Waals surface area contributed by atoms with Gasteiger partial charge in [-0.2, -0.15) is 4.31 Å². The highest BCUT2D eigenvalue weighted by Gasteiger charge is 2.43. The molecule has 0 radical (unpaired) electrons. The highest BCUT2D eigenvalue weighted by Crippen LogP contribution is 2.30. The molecule has 0 aliphatic carbocycles.